The van der Waals surface area contributed by atoms with Crippen LogP contribution in [0.3, 0.4) is 0 Å². The van der Waals surface area contributed by atoms with Crippen molar-refractivity contribution < 1.29 is 19.4 Å². The molecule has 6 nitrogen and oxygen atoms in total. The number of carbonyl (C=O) groups is 1. The minimum absolute atomic E-state index is 0.188. The Kier molecular flexibility index (Phi) is 6.36. The largest absolute Gasteiger partial charge is 0.508 e. The van der Waals surface area contributed by atoms with Crippen LogP contribution in [0.25, 0.3) is 0 Å². The molecule has 6 heteroatoms. The number of hydrogen-bond donors (Lipinski definition) is 2. The van der Waals surface area contributed by atoms with Gasteiger partial charge in [-0.3, -0.25) is 15.2 Å². The van der Waals surface area contributed by atoms with E-state index in [0.29, 0.717) is 29.4 Å². The second kappa shape index (κ2) is 8.71. The van der Waals surface area contributed by atoms with Crippen LogP contribution in [-0.4, -0.2) is 37.0 Å². The van der Waals surface area contributed by atoms with Gasteiger partial charge in [-0.25, -0.2) is 0 Å². The Morgan fingerprint density at radius 1 is 1.04 bits per heavy atom. The fourth-order valence-electron chi connectivity index (χ4n) is 1.74. The molecule has 24 heavy (non-hydrogen) atoms. The number of aldehydes is 1. The molecule has 0 saturated carbocycles. The second-order valence-corrected chi connectivity index (χ2v) is 5.23. The Morgan fingerprint density at radius 3 is 2.12 bits per heavy atom. The zero-order chi connectivity index (χ0) is 17.4. The van der Waals surface area contributed by atoms with Gasteiger partial charge in [0.15, 0.2) is 0 Å². The van der Waals surface area contributed by atoms with Gasteiger partial charge in [-0.2, -0.15) is 0 Å². The standard InChI is InChI=1S/C18H20N2O4/c1-20(2)19-11-14(12-21)13-23-16-7-9-18(10-8-16)24-17-5-3-15(22)4-6-17/h3-10,12-13,19,22H,11H2,1-2H3/b14-13-. The zero-order valence-corrected chi connectivity index (χ0v) is 13.6. The molecule has 126 valence electrons. The molecule has 0 atom stereocenters. The summed E-state index contributed by atoms with van der Waals surface area (Å²) in [6.07, 6.45) is 2.16. The Labute approximate surface area is 140 Å². The summed E-state index contributed by atoms with van der Waals surface area (Å²) in [4.78, 5) is 11.0. The van der Waals surface area contributed by atoms with E-state index >= 15 is 0 Å². The van der Waals surface area contributed by atoms with E-state index in [1.165, 1.54) is 6.26 Å². The first-order valence-corrected chi connectivity index (χ1v) is 7.35. The first-order valence-electron chi connectivity index (χ1n) is 7.35. The van der Waals surface area contributed by atoms with Gasteiger partial charge >= 0.3 is 0 Å². The van der Waals surface area contributed by atoms with Crippen molar-refractivity contribution in [2.24, 2.45) is 0 Å². The quantitative estimate of drug-likeness (QED) is 0.336. The summed E-state index contributed by atoms with van der Waals surface area (Å²) in [7, 11) is 3.69. The van der Waals surface area contributed by atoms with E-state index in [1.54, 1.807) is 53.5 Å². The predicted molar refractivity (Wildman–Crippen MR) is 91.1 cm³/mol. The van der Waals surface area contributed by atoms with Gasteiger partial charge in [0.25, 0.3) is 0 Å². The number of rotatable bonds is 8. The maximum atomic E-state index is 11.0. The third kappa shape index (κ3) is 5.75. The van der Waals surface area contributed by atoms with Crippen molar-refractivity contribution in [1.29, 1.82) is 0 Å². The number of hydrogen-bond acceptors (Lipinski definition) is 6. The van der Waals surface area contributed by atoms with Crippen LogP contribution < -0.4 is 14.9 Å². The van der Waals surface area contributed by atoms with E-state index in [4.69, 9.17) is 9.47 Å². The number of hydrazine groups is 1. The molecular weight excluding hydrogens is 308 g/mol. The maximum Gasteiger partial charge on any atom is 0.150 e. The molecule has 0 aliphatic heterocycles. The van der Waals surface area contributed by atoms with E-state index in [9.17, 15) is 9.90 Å². The lowest BCUT2D eigenvalue weighted by atomic mass is 10.3. The third-order valence-corrected chi connectivity index (χ3v) is 2.99. The summed E-state index contributed by atoms with van der Waals surface area (Å²) in [6.45, 7) is 0.387. The van der Waals surface area contributed by atoms with Crippen LogP contribution >= 0.6 is 0 Å². The van der Waals surface area contributed by atoms with Crippen molar-refractivity contribution in [1.82, 2.24) is 10.4 Å². The number of nitrogens with one attached hydrogen (secondary N) is 1. The molecule has 0 bridgehead atoms. The molecule has 2 aromatic rings. The van der Waals surface area contributed by atoms with Crippen molar-refractivity contribution in [3.05, 3.63) is 60.4 Å². The number of aromatic hydroxyl groups is 1. The van der Waals surface area contributed by atoms with Crippen LogP contribution in [-0.2, 0) is 4.79 Å². The maximum absolute atomic E-state index is 11.0. The van der Waals surface area contributed by atoms with Gasteiger partial charge in [0.2, 0.25) is 0 Å². The Hall–Kier alpha value is -2.83. The number of benzene rings is 2. The molecule has 2 rings (SSSR count). The molecular formula is C18H20N2O4. The van der Waals surface area contributed by atoms with Crippen molar-refractivity contribution in [3.8, 4) is 23.0 Å². The predicted octanol–water partition coefficient (Wildman–Crippen LogP) is 2.71. The van der Waals surface area contributed by atoms with Crippen LogP contribution in [0, 0.1) is 0 Å². The Balaban J connectivity index is 1.93. The fourth-order valence-corrected chi connectivity index (χ4v) is 1.74. The number of ether oxygens (including phenoxy) is 2. The van der Waals surface area contributed by atoms with Crippen LogP contribution in [0.5, 0.6) is 23.0 Å². The van der Waals surface area contributed by atoms with Crippen molar-refractivity contribution >= 4 is 6.29 Å². The zero-order valence-electron chi connectivity index (χ0n) is 13.6. The average molecular weight is 328 g/mol. The highest BCUT2D eigenvalue weighted by atomic mass is 16.5. The molecule has 0 radical (unpaired) electrons. The van der Waals surface area contributed by atoms with Gasteiger partial charge in [0, 0.05) is 26.2 Å². The molecule has 0 spiro atoms. The molecule has 0 unspecified atom stereocenters. The van der Waals surface area contributed by atoms with Gasteiger partial charge in [-0.1, -0.05) is 0 Å². The fraction of sp³-hybridized carbons (Fsp3) is 0.167. The van der Waals surface area contributed by atoms with Crippen LogP contribution in [0.15, 0.2) is 60.4 Å². The lowest BCUT2D eigenvalue weighted by molar-refractivity contribution is -0.105. The minimum atomic E-state index is 0.188. The topological polar surface area (TPSA) is 71.0 Å². The average Bonchev–Trinajstić information content (AvgIpc) is 2.58. The molecule has 0 heterocycles. The number of phenolic OH excluding ortho intramolecular Hbond substituents is 1. The lowest BCUT2D eigenvalue weighted by Gasteiger charge is -2.11. The van der Waals surface area contributed by atoms with Gasteiger partial charge in [-0.15, -0.1) is 0 Å². The van der Waals surface area contributed by atoms with E-state index in [2.05, 4.69) is 5.43 Å². The second-order valence-electron chi connectivity index (χ2n) is 5.23. The number of nitrogens with zero attached hydrogens (tertiary/aromatic N) is 1. The van der Waals surface area contributed by atoms with Crippen LogP contribution in [0.1, 0.15) is 0 Å². The number of phenols is 1. The smallest absolute Gasteiger partial charge is 0.150 e. The highest BCUT2D eigenvalue weighted by Crippen LogP contribution is 2.25. The number of carbonyl (C=O) groups excluding carboxylic acids is 1. The summed E-state index contributed by atoms with van der Waals surface area (Å²) < 4.78 is 11.1. The highest BCUT2D eigenvalue weighted by molar-refractivity contribution is 5.73. The van der Waals surface area contributed by atoms with Gasteiger partial charge < -0.3 is 14.6 Å². The van der Waals surface area contributed by atoms with E-state index in [-0.39, 0.29) is 5.75 Å². The Morgan fingerprint density at radius 2 is 1.58 bits per heavy atom. The summed E-state index contributed by atoms with van der Waals surface area (Å²) in [5.74, 6) is 2.05. The minimum Gasteiger partial charge on any atom is -0.508 e. The lowest BCUT2D eigenvalue weighted by Crippen LogP contribution is -2.32. The van der Waals surface area contributed by atoms with Crippen molar-refractivity contribution in [2.45, 2.75) is 0 Å². The SMILES string of the molecule is CN(C)NC/C(C=O)=C/Oc1ccc(Oc2ccc(O)cc2)cc1. The summed E-state index contributed by atoms with van der Waals surface area (Å²) in [5.41, 5.74) is 3.48. The first kappa shape index (κ1) is 17.5. The van der Waals surface area contributed by atoms with Crippen LogP contribution in [0.4, 0.5) is 0 Å². The monoisotopic (exact) mass is 328 g/mol. The van der Waals surface area contributed by atoms with Gasteiger partial charge in [0.1, 0.15) is 29.3 Å². The normalized spacial score (nSPS) is 11.4. The van der Waals surface area contributed by atoms with E-state index < -0.39 is 0 Å². The van der Waals surface area contributed by atoms with E-state index in [1.807, 2.05) is 14.1 Å². The van der Waals surface area contributed by atoms with Crippen LogP contribution in [0.2, 0.25) is 0 Å². The summed E-state index contributed by atoms with van der Waals surface area (Å²) >= 11 is 0. The Bertz CT molecular complexity index is 679. The molecule has 2 N–H and O–H groups in total. The molecule has 2 aromatic carbocycles. The molecule has 0 aliphatic rings. The van der Waals surface area contributed by atoms with Gasteiger partial charge in [0.05, 0.1) is 6.26 Å². The molecule has 0 fully saturated rings. The van der Waals surface area contributed by atoms with Crippen molar-refractivity contribution in [2.75, 3.05) is 20.6 Å². The first-order chi connectivity index (χ1) is 11.6. The molecule has 0 aromatic heterocycles. The highest BCUT2D eigenvalue weighted by Gasteiger charge is 2.00. The summed E-state index contributed by atoms with van der Waals surface area (Å²) in [5, 5.41) is 11.0. The molecule has 0 aliphatic carbocycles. The molecule has 0 saturated heterocycles. The summed E-state index contributed by atoms with van der Waals surface area (Å²) in [6, 6.07) is 13.5. The third-order valence-electron chi connectivity index (χ3n) is 2.99. The van der Waals surface area contributed by atoms with Crippen molar-refractivity contribution in [3.63, 3.8) is 0 Å². The van der Waals surface area contributed by atoms with Gasteiger partial charge in [-0.05, 0) is 48.5 Å². The molecule has 0 amide bonds. The van der Waals surface area contributed by atoms with E-state index in [0.717, 1.165) is 6.29 Å².